The van der Waals surface area contributed by atoms with E-state index in [4.69, 9.17) is 0 Å². The molecular formula is C19H16F3N7O2. The Hall–Kier alpha value is -3.96. The zero-order valence-electron chi connectivity index (χ0n) is 15.9. The maximum Gasteiger partial charge on any atom is 0.422 e. The van der Waals surface area contributed by atoms with Gasteiger partial charge in [-0.3, -0.25) is 9.78 Å². The van der Waals surface area contributed by atoms with Crippen LogP contribution in [-0.2, 0) is 17.8 Å². The fraction of sp³-hybridized carbons (Fsp3) is 0.211. The van der Waals surface area contributed by atoms with E-state index in [9.17, 15) is 18.0 Å². The normalized spacial score (nSPS) is 12.8. The lowest BCUT2D eigenvalue weighted by atomic mass is 10.1. The Kier molecular flexibility index (Phi) is 5.52. The van der Waals surface area contributed by atoms with Gasteiger partial charge in [-0.15, -0.1) is 0 Å². The van der Waals surface area contributed by atoms with Gasteiger partial charge in [0.1, 0.15) is 0 Å². The summed E-state index contributed by atoms with van der Waals surface area (Å²) in [6.45, 7) is -1.30. The minimum Gasteiger partial charge on any atom is -0.454 e. The molecule has 0 bridgehead atoms. The number of aromatic nitrogens is 4. The summed E-state index contributed by atoms with van der Waals surface area (Å²) < 4.78 is 42.3. The molecule has 31 heavy (non-hydrogen) atoms. The summed E-state index contributed by atoms with van der Waals surface area (Å²) in [5.74, 6) is -0.133. The molecule has 1 aliphatic rings. The van der Waals surface area contributed by atoms with Gasteiger partial charge in [0.25, 0.3) is 0 Å². The van der Waals surface area contributed by atoms with Crippen molar-refractivity contribution in [2.24, 2.45) is 0 Å². The van der Waals surface area contributed by atoms with Crippen molar-refractivity contribution in [2.45, 2.75) is 19.1 Å². The first-order valence-electron chi connectivity index (χ1n) is 9.13. The highest BCUT2D eigenvalue weighted by Gasteiger charge is 2.29. The van der Waals surface area contributed by atoms with Gasteiger partial charge < -0.3 is 20.7 Å². The molecule has 0 unspecified atom stereocenters. The van der Waals surface area contributed by atoms with E-state index in [-0.39, 0.29) is 24.3 Å². The summed E-state index contributed by atoms with van der Waals surface area (Å²) in [5, 5.41) is 8.50. The maximum absolute atomic E-state index is 12.5. The van der Waals surface area contributed by atoms with E-state index in [1.807, 2.05) is 0 Å². The van der Waals surface area contributed by atoms with E-state index in [1.54, 1.807) is 42.6 Å². The van der Waals surface area contributed by atoms with Gasteiger partial charge in [-0.1, -0.05) is 12.1 Å². The minimum atomic E-state index is -4.54. The van der Waals surface area contributed by atoms with Crippen molar-refractivity contribution in [2.75, 3.05) is 22.6 Å². The first-order chi connectivity index (χ1) is 14.8. The Morgan fingerprint density at radius 3 is 2.71 bits per heavy atom. The van der Waals surface area contributed by atoms with Crippen molar-refractivity contribution in [1.82, 2.24) is 19.9 Å². The standard InChI is InChI=1S/C19H16F3N7O2/c20-19(21,22)10-31-18-28-16(24-9-13-3-1-2-6-23-13)27-17(29-18)25-12-5-4-11-7-15(30)26-14(11)8-12/h1-6,8H,7,9-10H2,(H,26,30)(H2,24,25,27,28,29). The van der Waals surface area contributed by atoms with Crippen LogP contribution in [0.1, 0.15) is 11.3 Å². The van der Waals surface area contributed by atoms with Crippen molar-refractivity contribution in [3.05, 3.63) is 53.9 Å². The van der Waals surface area contributed by atoms with Gasteiger partial charge in [0.2, 0.25) is 17.8 Å². The Bertz CT molecular complexity index is 1090. The number of hydrogen-bond acceptors (Lipinski definition) is 8. The zero-order valence-corrected chi connectivity index (χ0v) is 15.9. The Balaban J connectivity index is 1.55. The number of nitrogens with one attached hydrogen (secondary N) is 3. The van der Waals surface area contributed by atoms with Crippen LogP contribution in [0.25, 0.3) is 0 Å². The summed E-state index contributed by atoms with van der Waals surface area (Å²) in [5.41, 5.74) is 2.71. The number of nitrogens with zero attached hydrogens (tertiary/aromatic N) is 4. The predicted octanol–water partition coefficient (Wildman–Crippen LogP) is 3.06. The number of alkyl halides is 3. The lowest BCUT2D eigenvalue weighted by Crippen LogP contribution is -2.21. The lowest BCUT2D eigenvalue weighted by Gasteiger charge is -2.12. The molecule has 3 heterocycles. The van der Waals surface area contributed by atoms with Crippen LogP contribution in [0, 0.1) is 0 Å². The van der Waals surface area contributed by atoms with Crippen LogP contribution in [-0.4, -0.2) is 38.6 Å². The molecule has 3 aromatic rings. The third kappa shape index (κ3) is 5.56. The molecule has 0 fully saturated rings. The number of pyridine rings is 1. The summed E-state index contributed by atoms with van der Waals surface area (Å²) in [6, 6.07) is 9.99. The van der Waals surface area contributed by atoms with Gasteiger partial charge in [0.05, 0.1) is 18.7 Å². The van der Waals surface area contributed by atoms with Crippen LogP contribution in [0.5, 0.6) is 6.01 Å². The quantitative estimate of drug-likeness (QED) is 0.523. The second kappa shape index (κ2) is 8.42. The topological polar surface area (TPSA) is 114 Å². The number of carbonyl (C=O) groups is 1. The highest BCUT2D eigenvalue weighted by atomic mass is 19.4. The molecule has 1 amide bonds. The van der Waals surface area contributed by atoms with E-state index >= 15 is 0 Å². The Morgan fingerprint density at radius 2 is 1.94 bits per heavy atom. The molecule has 0 atom stereocenters. The molecule has 0 saturated carbocycles. The highest BCUT2D eigenvalue weighted by molar-refractivity contribution is 5.99. The average molecular weight is 431 g/mol. The van der Waals surface area contributed by atoms with Crippen LogP contribution in [0.2, 0.25) is 0 Å². The van der Waals surface area contributed by atoms with E-state index in [2.05, 4.69) is 40.6 Å². The van der Waals surface area contributed by atoms with Gasteiger partial charge in [0.15, 0.2) is 6.61 Å². The van der Waals surface area contributed by atoms with Gasteiger partial charge in [-0.25, -0.2) is 0 Å². The van der Waals surface area contributed by atoms with Gasteiger partial charge in [-0.2, -0.15) is 28.1 Å². The first kappa shape index (κ1) is 20.3. The van der Waals surface area contributed by atoms with Crippen molar-refractivity contribution in [3.8, 4) is 6.01 Å². The summed E-state index contributed by atoms with van der Waals surface area (Å²) in [6.07, 6.45) is -2.64. The van der Waals surface area contributed by atoms with Gasteiger partial charge >= 0.3 is 12.2 Å². The molecule has 1 aromatic carbocycles. The largest absolute Gasteiger partial charge is 0.454 e. The van der Waals surface area contributed by atoms with Crippen LogP contribution in [0.15, 0.2) is 42.6 Å². The molecule has 12 heteroatoms. The Labute approximate surface area is 174 Å². The van der Waals surface area contributed by atoms with E-state index in [1.165, 1.54) is 0 Å². The smallest absolute Gasteiger partial charge is 0.422 e. The van der Waals surface area contributed by atoms with E-state index in [0.717, 1.165) is 5.56 Å². The van der Waals surface area contributed by atoms with Crippen molar-refractivity contribution < 1.29 is 22.7 Å². The van der Waals surface area contributed by atoms with Crippen LogP contribution in [0.3, 0.4) is 0 Å². The van der Waals surface area contributed by atoms with Crippen molar-refractivity contribution in [1.29, 1.82) is 0 Å². The minimum absolute atomic E-state index is 0.00907. The highest BCUT2D eigenvalue weighted by Crippen LogP contribution is 2.28. The number of hydrogen-bond donors (Lipinski definition) is 3. The van der Waals surface area contributed by atoms with Gasteiger partial charge in [-0.05, 0) is 29.8 Å². The second-order valence-electron chi connectivity index (χ2n) is 6.57. The molecule has 0 saturated heterocycles. The lowest BCUT2D eigenvalue weighted by molar-refractivity contribution is -0.154. The van der Waals surface area contributed by atoms with Crippen LogP contribution < -0.4 is 20.7 Å². The molecule has 2 aromatic heterocycles. The fourth-order valence-corrected chi connectivity index (χ4v) is 2.80. The molecular weight excluding hydrogens is 415 g/mol. The number of carbonyl (C=O) groups excluding carboxylic acids is 1. The van der Waals surface area contributed by atoms with E-state index < -0.39 is 18.8 Å². The molecule has 0 spiro atoms. The zero-order chi connectivity index (χ0) is 21.8. The van der Waals surface area contributed by atoms with Gasteiger partial charge in [0, 0.05) is 17.6 Å². The molecule has 1 aliphatic heterocycles. The molecule has 160 valence electrons. The molecule has 0 radical (unpaired) electrons. The number of fused-ring (bicyclic) bond motifs is 1. The number of rotatable bonds is 7. The molecule has 3 N–H and O–H groups in total. The molecule has 4 rings (SSSR count). The monoisotopic (exact) mass is 431 g/mol. The van der Waals surface area contributed by atoms with Crippen molar-refractivity contribution >= 4 is 29.2 Å². The number of anilines is 4. The second-order valence-corrected chi connectivity index (χ2v) is 6.57. The summed E-state index contributed by atoms with van der Waals surface area (Å²) >= 11 is 0. The number of ether oxygens (including phenoxy) is 1. The van der Waals surface area contributed by atoms with Crippen LogP contribution >= 0.6 is 0 Å². The average Bonchev–Trinajstić information content (AvgIpc) is 3.10. The third-order valence-corrected chi connectivity index (χ3v) is 4.12. The number of halogens is 3. The SMILES string of the molecule is O=C1Cc2ccc(Nc3nc(NCc4ccccn4)nc(OCC(F)(F)F)n3)cc2N1. The maximum atomic E-state index is 12.5. The number of amides is 1. The van der Waals surface area contributed by atoms with Crippen LogP contribution in [0.4, 0.5) is 36.4 Å². The molecule has 0 aliphatic carbocycles. The first-order valence-corrected chi connectivity index (χ1v) is 9.13. The fourth-order valence-electron chi connectivity index (χ4n) is 2.80. The van der Waals surface area contributed by atoms with Crippen molar-refractivity contribution in [3.63, 3.8) is 0 Å². The predicted molar refractivity (Wildman–Crippen MR) is 105 cm³/mol. The summed E-state index contributed by atoms with van der Waals surface area (Å²) in [4.78, 5) is 27.6. The summed E-state index contributed by atoms with van der Waals surface area (Å²) in [7, 11) is 0. The van der Waals surface area contributed by atoms with E-state index in [0.29, 0.717) is 23.5 Å². The molecule has 9 nitrogen and oxygen atoms in total. The Morgan fingerprint density at radius 1 is 1.10 bits per heavy atom. The third-order valence-electron chi connectivity index (χ3n) is 4.12. The number of benzene rings is 1.